The van der Waals surface area contributed by atoms with Crippen LogP contribution in [0.15, 0.2) is 17.2 Å². The van der Waals surface area contributed by atoms with Crippen molar-refractivity contribution in [3.05, 3.63) is 17.3 Å². The van der Waals surface area contributed by atoms with E-state index in [2.05, 4.69) is 15.1 Å². The minimum atomic E-state index is -3.57. The number of hydrogen-bond donors (Lipinski definition) is 3. The fraction of sp³-hybridized carbons (Fsp3) is 0.500. The normalized spacial score (nSPS) is 11.5. The zero-order chi connectivity index (χ0) is 14.3. The van der Waals surface area contributed by atoms with Crippen LogP contribution in [0, 0.1) is 0 Å². The summed E-state index contributed by atoms with van der Waals surface area (Å²) in [6.45, 7) is 0.400. The highest BCUT2D eigenvalue weighted by Crippen LogP contribution is 2.21. The van der Waals surface area contributed by atoms with Crippen molar-refractivity contribution < 1.29 is 8.42 Å². The van der Waals surface area contributed by atoms with Crippen molar-refractivity contribution in [1.82, 2.24) is 9.71 Å². The zero-order valence-corrected chi connectivity index (χ0v) is 12.9. The molecule has 4 N–H and O–H groups in total. The molecular formula is C10H17ClN4O2S2. The Hall–Kier alpha value is -0.540. The van der Waals surface area contributed by atoms with Crippen molar-refractivity contribution in [3.63, 3.8) is 0 Å². The van der Waals surface area contributed by atoms with Crippen LogP contribution in [0.3, 0.4) is 0 Å². The highest BCUT2D eigenvalue weighted by atomic mass is 35.5. The van der Waals surface area contributed by atoms with Crippen LogP contribution in [0.5, 0.6) is 0 Å². The molecule has 0 aliphatic rings. The highest BCUT2D eigenvalue weighted by molar-refractivity contribution is 7.98. The Morgan fingerprint density at radius 2 is 2.21 bits per heavy atom. The molecule has 0 aliphatic heterocycles. The number of halogens is 1. The molecule has 0 aliphatic carbocycles. The van der Waals surface area contributed by atoms with Gasteiger partial charge in [-0.1, -0.05) is 11.6 Å². The lowest BCUT2D eigenvalue weighted by Crippen LogP contribution is -2.25. The maximum atomic E-state index is 12.0. The Balaban J connectivity index is 2.64. The molecule has 0 spiro atoms. The Labute approximate surface area is 122 Å². The number of aromatic nitrogens is 1. The Morgan fingerprint density at radius 3 is 2.79 bits per heavy atom. The molecule has 0 amide bonds. The number of nitrogens with one attached hydrogen (secondary N) is 2. The van der Waals surface area contributed by atoms with E-state index in [1.807, 2.05) is 6.26 Å². The number of hydrogen-bond acceptors (Lipinski definition) is 6. The lowest BCUT2D eigenvalue weighted by atomic mass is 10.3. The second-order valence-corrected chi connectivity index (χ2v) is 6.90. The Kier molecular flexibility index (Phi) is 6.87. The molecule has 0 saturated heterocycles. The van der Waals surface area contributed by atoms with Gasteiger partial charge in [-0.3, -0.25) is 0 Å². The van der Waals surface area contributed by atoms with Gasteiger partial charge >= 0.3 is 0 Å². The number of unbranched alkanes of at least 4 members (excludes halogenated alkanes) is 1. The van der Waals surface area contributed by atoms with Crippen LogP contribution in [0.2, 0.25) is 5.02 Å². The molecule has 0 unspecified atom stereocenters. The summed E-state index contributed by atoms with van der Waals surface area (Å²) in [6.07, 6.45) is 5.00. The summed E-state index contributed by atoms with van der Waals surface area (Å²) >= 11 is 7.58. The summed E-state index contributed by atoms with van der Waals surface area (Å²) in [4.78, 5) is 3.86. The van der Waals surface area contributed by atoms with Gasteiger partial charge in [0.25, 0.3) is 0 Å². The smallest absolute Gasteiger partial charge is 0.242 e. The largest absolute Gasteiger partial charge is 0.307 e. The van der Waals surface area contributed by atoms with E-state index >= 15 is 0 Å². The van der Waals surface area contributed by atoms with Crippen LogP contribution in [-0.4, -0.2) is 32.0 Å². The molecule has 1 aromatic rings. The molecular weight excluding hydrogens is 308 g/mol. The molecule has 0 fully saturated rings. The second-order valence-electron chi connectivity index (χ2n) is 3.74. The van der Waals surface area contributed by atoms with Crippen molar-refractivity contribution >= 4 is 39.2 Å². The number of thioether (sulfide) groups is 1. The number of hydrazine groups is 1. The van der Waals surface area contributed by atoms with Gasteiger partial charge in [0.05, 0.1) is 5.02 Å². The molecule has 0 saturated carbocycles. The molecule has 6 nitrogen and oxygen atoms in total. The van der Waals surface area contributed by atoms with Gasteiger partial charge in [0.1, 0.15) is 4.90 Å². The van der Waals surface area contributed by atoms with Gasteiger partial charge in [0, 0.05) is 12.7 Å². The van der Waals surface area contributed by atoms with Crippen molar-refractivity contribution in [2.45, 2.75) is 17.7 Å². The minimum Gasteiger partial charge on any atom is -0.307 e. The average Bonchev–Trinajstić information content (AvgIpc) is 2.38. The van der Waals surface area contributed by atoms with E-state index in [0.717, 1.165) is 18.6 Å². The molecule has 1 aromatic heterocycles. The summed E-state index contributed by atoms with van der Waals surface area (Å²) in [5.74, 6) is 6.43. The predicted molar refractivity (Wildman–Crippen MR) is 79.9 cm³/mol. The van der Waals surface area contributed by atoms with Crippen LogP contribution in [0.4, 0.5) is 5.82 Å². The fourth-order valence-electron chi connectivity index (χ4n) is 1.33. The van der Waals surface area contributed by atoms with Gasteiger partial charge in [-0.05, 0) is 30.9 Å². The molecule has 9 heteroatoms. The summed E-state index contributed by atoms with van der Waals surface area (Å²) in [7, 11) is -3.57. The Morgan fingerprint density at radius 1 is 1.47 bits per heavy atom. The number of pyridine rings is 1. The highest BCUT2D eigenvalue weighted by Gasteiger charge is 2.15. The van der Waals surface area contributed by atoms with Gasteiger partial charge in [0.2, 0.25) is 10.0 Å². The molecule has 0 radical (unpaired) electrons. The van der Waals surface area contributed by atoms with E-state index in [1.165, 1.54) is 12.3 Å². The molecule has 19 heavy (non-hydrogen) atoms. The maximum Gasteiger partial charge on any atom is 0.242 e. The first-order chi connectivity index (χ1) is 9.01. The molecule has 0 bridgehead atoms. The van der Waals surface area contributed by atoms with E-state index in [1.54, 1.807) is 11.8 Å². The number of nitrogens with two attached hydrogens (primary N) is 1. The third-order valence-corrected chi connectivity index (χ3v) is 4.74. The SMILES string of the molecule is CSCCCCNS(=O)(=O)c1cnc(NN)c(Cl)c1. The lowest BCUT2D eigenvalue weighted by Gasteiger charge is -2.08. The number of nitrogens with zero attached hydrogens (tertiary/aromatic N) is 1. The van der Waals surface area contributed by atoms with E-state index in [0.29, 0.717) is 6.54 Å². The number of nitrogen functional groups attached to an aromatic ring is 1. The minimum absolute atomic E-state index is 0.0290. The van der Waals surface area contributed by atoms with Gasteiger partial charge in [-0.15, -0.1) is 0 Å². The fourth-order valence-corrected chi connectivity index (χ4v) is 3.16. The first-order valence-electron chi connectivity index (χ1n) is 5.62. The van der Waals surface area contributed by atoms with E-state index in [4.69, 9.17) is 17.4 Å². The zero-order valence-electron chi connectivity index (χ0n) is 10.5. The third kappa shape index (κ3) is 5.15. The van der Waals surface area contributed by atoms with E-state index in [-0.39, 0.29) is 15.7 Å². The van der Waals surface area contributed by atoms with E-state index < -0.39 is 10.0 Å². The number of sulfonamides is 1. The van der Waals surface area contributed by atoms with Gasteiger partial charge in [0.15, 0.2) is 5.82 Å². The quantitative estimate of drug-likeness (QED) is 0.380. The molecule has 0 aromatic carbocycles. The van der Waals surface area contributed by atoms with Crippen molar-refractivity contribution in [3.8, 4) is 0 Å². The van der Waals surface area contributed by atoms with Crippen molar-refractivity contribution in [2.75, 3.05) is 24.0 Å². The van der Waals surface area contributed by atoms with Gasteiger partial charge < -0.3 is 5.43 Å². The van der Waals surface area contributed by atoms with Gasteiger partial charge in [-0.2, -0.15) is 11.8 Å². The molecule has 1 heterocycles. The predicted octanol–water partition coefficient (Wildman–Crippen LogP) is 1.44. The first-order valence-corrected chi connectivity index (χ1v) is 8.87. The standard InChI is InChI=1S/C10H17ClN4O2S2/c1-18-5-3-2-4-14-19(16,17)8-6-9(11)10(15-12)13-7-8/h6-7,14H,2-5,12H2,1H3,(H,13,15). The van der Waals surface area contributed by atoms with Crippen molar-refractivity contribution in [2.24, 2.45) is 5.84 Å². The lowest BCUT2D eigenvalue weighted by molar-refractivity contribution is 0.578. The van der Waals surface area contributed by atoms with Crippen LogP contribution < -0.4 is 16.0 Å². The first kappa shape index (κ1) is 16.5. The summed E-state index contributed by atoms with van der Waals surface area (Å²) in [5.41, 5.74) is 2.28. The van der Waals surface area contributed by atoms with Crippen LogP contribution in [-0.2, 0) is 10.0 Å². The van der Waals surface area contributed by atoms with Gasteiger partial charge in [-0.25, -0.2) is 24.0 Å². The molecule has 1 rings (SSSR count). The summed E-state index contributed by atoms with van der Waals surface area (Å²) in [6, 6.07) is 1.31. The van der Waals surface area contributed by atoms with Crippen LogP contribution in [0.25, 0.3) is 0 Å². The molecule has 108 valence electrons. The summed E-state index contributed by atoms with van der Waals surface area (Å²) in [5, 5.41) is 0.160. The second kappa shape index (κ2) is 7.91. The third-order valence-electron chi connectivity index (χ3n) is 2.33. The topological polar surface area (TPSA) is 97.1 Å². The molecule has 0 atom stereocenters. The number of anilines is 1. The maximum absolute atomic E-state index is 12.0. The summed E-state index contributed by atoms with van der Waals surface area (Å²) < 4.78 is 26.4. The van der Waals surface area contributed by atoms with Crippen molar-refractivity contribution in [1.29, 1.82) is 0 Å². The van der Waals surface area contributed by atoms with Crippen LogP contribution in [0.1, 0.15) is 12.8 Å². The monoisotopic (exact) mass is 324 g/mol. The number of rotatable bonds is 8. The average molecular weight is 325 g/mol. The van der Waals surface area contributed by atoms with E-state index in [9.17, 15) is 8.42 Å². The Bertz CT molecular complexity index is 510. The van der Waals surface area contributed by atoms with Crippen LogP contribution >= 0.6 is 23.4 Å².